The van der Waals surface area contributed by atoms with Crippen molar-refractivity contribution in [3.8, 4) is 0 Å². The first-order valence-electron chi connectivity index (χ1n) is 7.07. The highest BCUT2D eigenvalue weighted by molar-refractivity contribution is 5.81. The maximum absolute atomic E-state index is 14.3. The molecule has 3 nitrogen and oxygen atoms in total. The predicted molar refractivity (Wildman–Crippen MR) is 70.1 cm³/mol. The van der Waals surface area contributed by atoms with Crippen LogP contribution < -0.4 is 0 Å². The third-order valence-corrected chi connectivity index (χ3v) is 4.05. The molecule has 1 amide bonds. The number of halogens is 1. The number of hydrogen-bond donors (Lipinski definition) is 0. The van der Waals surface area contributed by atoms with Crippen molar-refractivity contribution >= 4 is 5.91 Å². The number of likely N-dealkylation sites (tertiary alicyclic amines) is 2. The van der Waals surface area contributed by atoms with E-state index in [4.69, 9.17) is 0 Å². The van der Waals surface area contributed by atoms with Gasteiger partial charge in [-0.1, -0.05) is 20.8 Å². The maximum Gasteiger partial charge on any atom is 0.228 e. The van der Waals surface area contributed by atoms with E-state index in [1.807, 2.05) is 20.8 Å². The molecule has 0 aromatic heterocycles. The average molecular weight is 256 g/mol. The summed E-state index contributed by atoms with van der Waals surface area (Å²) in [5, 5.41) is 0. The van der Waals surface area contributed by atoms with Gasteiger partial charge >= 0.3 is 0 Å². The lowest BCUT2D eigenvalue weighted by Crippen LogP contribution is -2.55. The lowest BCUT2D eigenvalue weighted by atomic mass is 9.92. The lowest BCUT2D eigenvalue weighted by Gasteiger charge is -2.41. The zero-order valence-corrected chi connectivity index (χ0v) is 11.8. The van der Waals surface area contributed by atoms with Crippen molar-refractivity contribution in [2.75, 3.05) is 26.2 Å². The Morgan fingerprint density at radius 3 is 2.28 bits per heavy atom. The van der Waals surface area contributed by atoms with Crippen LogP contribution in [0.2, 0.25) is 0 Å². The highest BCUT2D eigenvalue weighted by Gasteiger charge is 2.38. The van der Waals surface area contributed by atoms with E-state index in [0.717, 1.165) is 19.5 Å². The molecule has 0 aromatic carbocycles. The van der Waals surface area contributed by atoms with Crippen LogP contribution in [0.4, 0.5) is 4.39 Å². The first kappa shape index (κ1) is 13.8. The van der Waals surface area contributed by atoms with Crippen LogP contribution >= 0.6 is 0 Å². The fraction of sp³-hybridized carbons (Fsp3) is 0.929. The molecule has 2 aliphatic heterocycles. The van der Waals surface area contributed by atoms with E-state index < -0.39 is 11.6 Å². The van der Waals surface area contributed by atoms with Crippen molar-refractivity contribution in [3.63, 3.8) is 0 Å². The van der Waals surface area contributed by atoms with Crippen LogP contribution in [-0.4, -0.2) is 54.1 Å². The molecule has 2 atom stereocenters. The summed E-state index contributed by atoms with van der Waals surface area (Å²) in [6.07, 6.45) is 2.27. The van der Waals surface area contributed by atoms with Crippen molar-refractivity contribution in [1.29, 1.82) is 0 Å². The Hall–Kier alpha value is -0.640. The zero-order chi connectivity index (χ0) is 13.3. The molecule has 0 radical (unpaired) electrons. The Kier molecular flexibility index (Phi) is 3.95. The van der Waals surface area contributed by atoms with Crippen LogP contribution in [0.15, 0.2) is 0 Å². The molecule has 2 unspecified atom stereocenters. The van der Waals surface area contributed by atoms with Gasteiger partial charge in [-0.15, -0.1) is 0 Å². The molecular formula is C14H25FN2O. The van der Waals surface area contributed by atoms with Crippen LogP contribution in [0.1, 0.15) is 40.0 Å². The van der Waals surface area contributed by atoms with Gasteiger partial charge in [0.15, 0.2) is 0 Å². The molecule has 0 saturated carbocycles. The molecule has 0 spiro atoms. The molecule has 0 bridgehead atoms. The Morgan fingerprint density at radius 1 is 1.17 bits per heavy atom. The summed E-state index contributed by atoms with van der Waals surface area (Å²) in [7, 11) is 0. The predicted octanol–water partition coefficient (Wildman–Crippen LogP) is 2.07. The molecule has 2 aliphatic rings. The van der Waals surface area contributed by atoms with Crippen molar-refractivity contribution in [2.24, 2.45) is 5.41 Å². The molecule has 104 valence electrons. The molecule has 2 fully saturated rings. The van der Waals surface area contributed by atoms with Gasteiger partial charge in [0, 0.05) is 18.0 Å². The summed E-state index contributed by atoms with van der Waals surface area (Å²) in [6.45, 7) is 8.73. The third-order valence-electron chi connectivity index (χ3n) is 4.05. The molecule has 18 heavy (non-hydrogen) atoms. The molecule has 2 heterocycles. The number of carbonyl (C=O) groups is 1. The van der Waals surface area contributed by atoms with E-state index in [1.54, 1.807) is 4.90 Å². The minimum absolute atomic E-state index is 0.0384. The second-order valence-corrected chi connectivity index (χ2v) is 6.62. The van der Waals surface area contributed by atoms with Crippen molar-refractivity contribution in [1.82, 2.24) is 9.80 Å². The lowest BCUT2D eigenvalue weighted by molar-refractivity contribution is -0.142. The van der Waals surface area contributed by atoms with Gasteiger partial charge in [-0.25, -0.2) is 4.39 Å². The van der Waals surface area contributed by atoms with Gasteiger partial charge in [-0.05, 0) is 32.4 Å². The molecular weight excluding hydrogens is 231 g/mol. The van der Waals surface area contributed by atoms with E-state index in [2.05, 4.69) is 4.90 Å². The number of piperidine rings is 1. The van der Waals surface area contributed by atoms with Crippen LogP contribution in [-0.2, 0) is 4.79 Å². The van der Waals surface area contributed by atoms with Gasteiger partial charge in [-0.2, -0.15) is 0 Å². The normalized spacial score (nSPS) is 30.8. The maximum atomic E-state index is 14.3. The van der Waals surface area contributed by atoms with Crippen LogP contribution in [0, 0.1) is 5.41 Å². The van der Waals surface area contributed by atoms with Crippen molar-refractivity contribution < 1.29 is 9.18 Å². The summed E-state index contributed by atoms with van der Waals surface area (Å²) in [5.74, 6) is 0.0741. The van der Waals surface area contributed by atoms with Gasteiger partial charge < -0.3 is 4.90 Å². The fourth-order valence-electron chi connectivity index (χ4n) is 3.04. The Bertz CT molecular complexity index is 307. The summed E-state index contributed by atoms with van der Waals surface area (Å²) in [4.78, 5) is 16.1. The van der Waals surface area contributed by atoms with Gasteiger partial charge in [0.2, 0.25) is 5.91 Å². The quantitative estimate of drug-likeness (QED) is 0.717. The second-order valence-electron chi connectivity index (χ2n) is 6.62. The van der Waals surface area contributed by atoms with E-state index in [-0.39, 0.29) is 18.5 Å². The van der Waals surface area contributed by atoms with Gasteiger partial charge in [0.05, 0.1) is 6.54 Å². The molecule has 2 saturated heterocycles. The number of carbonyl (C=O) groups excluding carboxylic acids is 1. The minimum atomic E-state index is -0.886. The number of nitrogens with zero attached hydrogens (tertiary/aromatic N) is 2. The Balaban J connectivity index is 1.93. The summed E-state index contributed by atoms with van der Waals surface area (Å²) in [6, 6.07) is 0.0384. The molecule has 4 heteroatoms. The minimum Gasteiger partial charge on any atom is -0.339 e. The fourth-order valence-corrected chi connectivity index (χ4v) is 3.04. The first-order chi connectivity index (χ1) is 8.39. The van der Waals surface area contributed by atoms with Crippen LogP contribution in [0.5, 0.6) is 0 Å². The number of amides is 1. The Labute approximate surface area is 109 Å². The molecule has 0 aliphatic carbocycles. The number of hydrogen-bond acceptors (Lipinski definition) is 2. The second kappa shape index (κ2) is 5.16. The SMILES string of the molecule is CC(C)(C)C(=O)N1CCC(N2CCCC2)C(F)C1. The van der Waals surface area contributed by atoms with Crippen LogP contribution in [0.3, 0.4) is 0 Å². The van der Waals surface area contributed by atoms with Crippen molar-refractivity contribution in [2.45, 2.75) is 52.2 Å². The highest BCUT2D eigenvalue weighted by Crippen LogP contribution is 2.26. The first-order valence-corrected chi connectivity index (χ1v) is 7.07. The number of alkyl halides is 1. The monoisotopic (exact) mass is 256 g/mol. The number of rotatable bonds is 1. The van der Waals surface area contributed by atoms with E-state index in [0.29, 0.717) is 6.54 Å². The van der Waals surface area contributed by atoms with Gasteiger partial charge in [0.1, 0.15) is 6.17 Å². The molecule has 2 rings (SSSR count). The molecule has 0 N–H and O–H groups in total. The van der Waals surface area contributed by atoms with E-state index >= 15 is 0 Å². The van der Waals surface area contributed by atoms with E-state index in [1.165, 1.54) is 12.8 Å². The average Bonchev–Trinajstić information content (AvgIpc) is 2.80. The van der Waals surface area contributed by atoms with Crippen LogP contribution in [0.25, 0.3) is 0 Å². The highest BCUT2D eigenvalue weighted by atomic mass is 19.1. The van der Waals surface area contributed by atoms with Gasteiger partial charge in [-0.3, -0.25) is 9.69 Å². The third kappa shape index (κ3) is 2.85. The Morgan fingerprint density at radius 2 is 1.78 bits per heavy atom. The van der Waals surface area contributed by atoms with E-state index in [9.17, 15) is 9.18 Å². The zero-order valence-electron chi connectivity index (χ0n) is 11.8. The standard InChI is InChI=1S/C14H25FN2O/c1-14(2,3)13(18)17-9-6-12(11(15)10-17)16-7-4-5-8-16/h11-12H,4-10H2,1-3H3. The van der Waals surface area contributed by atoms with Crippen molar-refractivity contribution in [3.05, 3.63) is 0 Å². The molecule has 0 aromatic rings. The largest absolute Gasteiger partial charge is 0.339 e. The van der Waals surface area contributed by atoms with Gasteiger partial charge in [0.25, 0.3) is 0 Å². The smallest absolute Gasteiger partial charge is 0.228 e. The topological polar surface area (TPSA) is 23.6 Å². The summed E-state index contributed by atoms with van der Waals surface area (Å²) >= 11 is 0. The summed E-state index contributed by atoms with van der Waals surface area (Å²) < 4.78 is 14.3. The summed E-state index contributed by atoms with van der Waals surface area (Å²) in [5.41, 5.74) is -0.403.